The third kappa shape index (κ3) is 2.98. The fourth-order valence-corrected chi connectivity index (χ4v) is 2.04. The molecule has 1 heterocycles. The van der Waals surface area contributed by atoms with Gasteiger partial charge in [0.05, 0.1) is 0 Å². The topological polar surface area (TPSA) is 37.8 Å². The van der Waals surface area contributed by atoms with Gasteiger partial charge in [-0.25, -0.2) is 9.97 Å². The second kappa shape index (κ2) is 5.19. The number of nitrogens with zero attached hydrogens (tertiary/aromatic N) is 2. The molecule has 1 aliphatic carbocycles. The Kier molecular flexibility index (Phi) is 3.87. The van der Waals surface area contributed by atoms with E-state index < -0.39 is 0 Å². The smallest absolute Gasteiger partial charge is 0.225 e. The maximum absolute atomic E-state index is 6.10. The lowest BCUT2D eigenvalue weighted by Crippen LogP contribution is -2.07. The molecule has 2 rings (SSSR count). The summed E-state index contributed by atoms with van der Waals surface area (Å²) in [4.78, 5) is 8.45. The largest absolute Gasteiger partial charge is 0.351 e. The van der Waals surface area contributed by atoms with Crippen molar-refractivity contribution in [1.82, 2.24) is 9.97 Å². The van der Waals surface area contributed by atoms with Crippen LogP contribution < -0.4 is 5.32 Å². The van der Waals surface area contributed by atoms with Crippen LogP contribution in [0.1, 0.15) is 38.2 Å². The Morgan fingerprint density at radius 3 is 2.38 bits per heavy atom. The Morgan fingerprint density at radius 2 is 1.88 bits per heavy atom. The lowest BCUT2D eigenvalue weighted by Gasteiger charge is -2.08. The van der Waals surface area contributed by atoms with E-state index in [1.54, 1.807) is 0 Å². The van der Waals surface area contributed by atoms with Gasteiger partial charge in [-0.2, -0.15) is 0 Å². The molecule has 1 aromatic rings. The van der Waals surface area contributed by atoms with Gasteiger partial charge in [0.1, 0.15) is 10.3 Å². The van der Waals surface area contributed by atoms with Gasteiger partial charge in [-0.3, -0.25) is 0 Å². The molecule has 0 atom stereocenters. The molecule has 0 radical (unpaired) electrons. The van der Waals surface area contributed by atoms with Gasteiger partial charge in [-0.05, 0) is 25.7 Å². The standard InChI is InChI=1S/C11H15Cl2N3/c1-2-3-4-8-9(12)15-11(16-10(8)13)14-7-5-6-7/h7H,2-6H2,1H3,(H,14,15,16). The molecule has 0 unspecified atom stereocenters. The second-order valence-electron chi connectivity index (χ2n) is 4.13. The first-order valence-corrected chi connectivity index (χ1v) is 6.44. The number of nitrogens with one attached hydrogen (secondary N) is 1. The Hall–Kier alpha value is -0.540. The summed E-state index contributed by atoms with van der Waals surface area (Å²) in [5, 5.41) is 4.16. The van der Waals surface area contributed by atoms with Crippen LogP contribution in [0.5, 0.6) is 0 Å². The summed E-state index contributed by atoms with van der Waals surface area (Å²) < 4.78 is 0. The normalized spacial score (nSPS) is 15.2. The average molecular weight is 260 g/mol. The Labute approximate surface area is 106 Å². The van der Waals surface area contributed by atoms with Gasteiger partial charge in [0, 0.05) is 11.6 Å². The van der Waals surface area contributed by atoms with Crippen LogP contribution in [-0.4, -0.2) is 16.0 Å². The van der Waals surface area contributed by atoms with Gasteiger partial charge in [-0.1, -0.05) is 36.5 Å². The maximum Gasteiger partial charge on any atom is 0.225 e. The molecule has 16 heavy (non-hydrogen) atoms. The molecule has 5 heteroatoms. The molecule has 3 nitrogen and oxygen atoms in total. The zero-order chi connectivity index (χ0) is 11.5. The van der Waals surface area contributed by atoms with Crippen LogP contribution in [0, 0.1) is 0 Å². The van der Waals surface area contributed by atoms with Crippen LogP contribution in [0.2, 0.25) is 10.3 Å². The highest BCUT2D eigenvalue weighted by molar-refractivity contribution is 6.34. The van der Waals surface area contributed by atoms with E-state index >= 15 is 0 Å². The van der Waals surface area contributed by atoms with Gasteiger partial charge in [-0.15, -0.1) is 0 Å². The number of aromatic nitrogens is 2. The Morgan fingerprint density at radius 1 is 1.25 bits per heavy atom. The highest BCUT2D eigenvalue weighted by atomic mass is 35.5. The molecule has 0 amide bonds. The van der Waals surface area contributed by atoms with Gasteiger partial charge in [0.2, 0.25) is 5.95 Å². The molecule has 1 aromatic heterocycles. The fraction of sp³-hybridized carbons (Fsp3) is 0.636. The molecule has 0 aliphatic heterocycles. The number of hydrogen-bond donors (Lipinski definition) is 1. The lowest BCUT2D eigenvalue weighted by molar-refractivity contribution is 0.788. The van der Waals surface area contributed by atoms with E-state index in [2.05, 4.69) is 22.2 Å². The summed E-state index contributed by atoms with van der Waals surface area (Å²) in [5.41, 5.74) is 0.867. The number of unbranched alkanes of at least 4 members (excludes halogenated alkanes) is 1. The molecule has 0 aromatic carbocycles. The summed E-state index contributed by atoms with van der Waals surface area (Å²) in [5.74, 6) is 0.553. The Bertz CT molecular complexity index is 354. The third-order valence-electron chi connectivity index (χ3n) is 2.60. The van der Waals surface area contributed by atoms with Crippen LogP contribution in [0.4, 0.5) is 5.95 Å². The van der Waals surface area contributed by atoms with Crippen LogP contribution in [0.15, 0.2) is 0 Å². The van der Waals surface area contributed by atoms with Crippen molar-refractivity contribution >= 4 is 29.2 Å². The van der Waals surface area contributed by atoms with E-state index in [1.807, 2.05) is 0 Å². The average Bonchev–Trinajstić information content (AvgIpc) is 3.00. The monoisotopic (exact) mass is 259 g/mol. The first-order valence-electron chi connectivity index (χ1n) is 5.69. The lowest BCUT2D eigenvalue weighted by atomic mass is 10.1. The first-order chi connectivity index (χ1) is 7.70. The first kappa shape index (κ1) is 11.9. The molecule has 1 aliphatic rings. The van der Waals surface area contributed by atoms with E-state index in [9.17, 15) is 0 Å². The zero-order valence-electron chi connectivity index (χ0n) is 9.26. The summed E-state index contributed by atoms with van der Waals surface area (Å²) in [6, 6.07) is 0.508. The van der Waals surface area contributed by atoms with Crippen LogP contribution in [0.25, 0.3) is 0 Å². The predicted octanol–water partition coefficient (Wildman–Crippen LogP) is 3.70. The molecule has 0 spiro atoms. The number of rotatable bonds is 5. The van der Waals surface area contributed by atoms with Gasteiger partial charge >= 0.3 is 0 Å². The van der Waals surface area contributed by atoms with E-state index in [0.717, 1.165) is 24.8 Å². The molecule has 88 valence electrons. The zero-order valence-corrected chi connectivity index (χ0v) is 10.8. The van der Waals surface area contributed by atoms with Crippen molar-refractivity contribution in [3.05, 3.63) is 15.9 Å². The summed E-state index contributed by atoms with van der Waals surface area (Å²) in [6.07, 6.45) is 5.36. The van der Waals surface area contributed by atoms with Crippen molar-refractivity contribution in [3.63, 3.8) is 0 Å². The van der Waals surface area contributed by atoms with E-state index in [-0.39, 0.29) is 0 Å². The van der Waals surface area contributed by atoms with Crippen LogP contribution in [-0.2, 0) is 6.42 Å². The van der Waals surface area contributed by atoms with E-state index in [1.165, 1.54) is 12.8 Å². The molecule has 1 saturated carbocycles. The van der Waals surface area contributed by atoms with Gasteiger partial charge in [0.25, 0.3) is 0 Å². The summed E-state index contributed by atoms with van der Waals surface area (Å²) in [7, 11) is 0. The van der Waals surface area contributed by atoms with Crippen LogP contribution in [0.3, 0.4) is 0 Å². The van der Waals surface area contributed by atoms with Crippen molar-refractivity contribution in [1.29, 1.82) is 0 Å². The molecule has 1 N–H and O–H groups in total. The molecule has 0 saturated heterocycles. The maximum atomic E-state index is 6.10. The highest BCUT2D eigenvalue weighted by Gasteiger charge is 2.22. The minimum atomic E-state index is 0.483. The van der Waals surface area contributed by atoms with Gasteiger partial charge < -0.3 is 5.32 Å². The van der Waals surface area contributed by atoms with Crippen molar-refractivity contribution in [2.24, 2.45) is 0 Å². The van der Waals surface area contributed by atoms with E-state index in [0.29, 0.717) is 22.3 Å². The fourth-order valence-electron chi connectivity index (χ4n) is 1.47. The predicted molar refractivity (Wildman–Crippen MR) is 67.3 cm³/mol. The SMILES string of the molecule is CCCCc1c(Cl)nc(NC2CC2)nc1Cl. The summed E-state index contributed by atoms with van der Waals surface area (Å²) >= 11 is 12.2. The Balaban J connectivity index is 2.13. The molecule has 0 bridgehead atoms. The number of hydrogen-bond acceptors (Lipinski definition) is 3. The van der Waals surface area contributed by atoms with Crippen molar-refractivity contribution in [3.8, 4) is 0 Å². The highest BCUT2D eigenvalue weighted by Crippen LogP contribution is 2.27. The third-order valence-corrected chi connectivity index (χ3v) is 3.22. The quantitative estimate of drug-likeness (QED) is 0.820. The molecule has 1 fully saturated rings. The minimum absolute atomic E-state index is 0.483. The second-order valence-corrected chi connectivity index (χ2v) is 4.85. The van der Waals surface area contributed by atoms with Crippen molar-refractivity contribution in [2.45, 2.75) is 45.1 Å². The molecular weight excluding hydrogens is 245 g/mol. The van der Waals surface area contributed by atoms with Crippen LogP contribution >= 0.6 is 23.2 Å². The minimum Gasteiger partial charge on any atom is -0.351 e. The number of halogens is 2. The summed E-state index contributed by atoms with van der Waals surface area (Å²) in [6.45, 7) is 2.13. The van der Waals surface area contributed by atoms with Gasteiger partial charge in [0.15, 0.2) is 0 Å². The van der Waals surface area contributed by atoms with Crippen molar-refractivity contribution < 1.29 is 0 Å². The molecular formula is C11H15Cl2N3. The van der Waals surface area contributed by atoms with E-state index in [4.69, 9.17) is 23.2 Å². The van der Waals surface area contributed by atoms with Crippen molar-refractivity contribution in [2.75, 3.05) is 5.32 Å². The number of anilines is 1.